The van der Waals surface area contributed by atoms with Gasteiger partial charge in [0.05, 0.1) is 0 Å². The molecule has 0 unspecified atom stereocenters. The fourth-order valence-corrected chi connectivity index (χ4v) is 3.42. The van der Waals surface area contributed by atoms with Crippen LogP contribution >= 0.6 is 44.9 Å². The minimum Gasteiger partial charge on any atom is -0.229 e. The van der Waals surface area contributed by atoms with Gasteiger partial charge in [0.25, 0.3) is 9.05 Å². The van der Waals surface area contributed by atoms with E-state index in [4.69, 9.17) is 22.3 Å². The van der Waals surface area contributed by atoms with Crippen LogP contribution < -0.4 is 0 Å². The lowest BCUT2D eigenvalue weighted by Crippen LogP contribution is -1.96. The van der Waals surface area contributed by atoms with Crippen molar-refractivity contribution in [1.29, 1.82) is 0 Å². The lowest BCUT2D eigenvalue weighted by Gasteiger charge is -1.98. The maximum atomic E-state index is 10.8. The van der Waals surface area contributed by atoms with Gasteiger partial charge in [0.15, 0.2) is 0 Å². The Morgan fingerprint density at radius 1 is 1.42 bits per heavy atom. The Bertz CT molecular complexity index is 406. The predicted molar refractivity (Wildman–Crippen MR) is 55.0 cm³/mol. The molecule has 0 atom stereocenters. The molecule has 0 aliphatic heterocycles. The Kier molecular flexibility index (Phi) is 3.19. The van der Waals surface area contributed by atoms with Crippen molar-refractivity contribution >= 4 is 53.9 Å². The molecule has 12 heavy (non-hydrogen) atoms. The van der Waals surface area contributed by atoms with Crippen LogP contribution in [0.5, 0.6) is 0 Å². The molecule has 1 rings (SSSR count). The topological polar surface area (TPSA) is 47.0 Å². The number of nitrogens with zero attached hydrogens (tertiary/aromatic N) is 1. The van der Waals surface area contributed by atoms with Crippen LogP contribution in [-0.2, 0) is 9.05 Å². The van der Waals surface area contributed by atoms with Crippen molar-refractivity contribution in [3.63, 3.8) is 0 Å². The van der Waals surface area contributed by atoms with E-state index in [1.54, 1.807) is 22.6 Å². The van der Waals surface area contributed by atoms with E-state index in [1.165, 1.54) is 12.1 Å². The zero-order valence-corrected chi connectivity index (χ0v) is 9.95. The van der Waals surface area contributed by atoms with E-state index >= 15 is 0 Å². The molecule has 0 radical (unpaired) electrons. The van der Waals surface area contributed by atoms with Crippen molar-refractivity contribution in [1.82, 2.24) is 4.98 Å². The largest absolute Gasteiger partial charge is 0.263 e. The predicted octanol–water partition coefficient (Wildman–Crippen LogP) is 2.27. The van der Waals surface area contributed by atoms with Crippen molar-refractivity contribution in [2.45, 2.75) is 4.90 Å². The quantitative estimate of drug-likeness (QED) is 0.448. The lowest BCUT2D eigenvalue weighted by molar-refractivity contribution is 0.608. The van der Waals surface area contributed by atoms with Crippen LogP contribution in [0.3, 0.4) is 0 Å². The standard InChI is InChI=1S/C5H2Cl2INO2S/c6-4-2-1-3(5(8)9-4)12(7,10)11/h1-2H. The summed E-state index contributed by atoms with van der Waals surface area (Å²) >= 11 is 7.27. The number of hydrogen-bond acceptors (Lipinski definition) is 3. The molecule has 1 aromatic heterocycles. The number of pyridine rings is 1. The molecule has 0 N–H and O–H groups in total. The zero-order chi connectivity index (χ0) is 9.35. The molecular weight excluding hydrogens is 336 g/mol. The van der Waals surface area contributed by atoms with E-state index in [2.05, 4.69) is 4.98 Å². The van der Waals surface area contributed by atoms with Gasteiger partial charge in [0.1, 0.15) is 13.7 Å². The van der Waals surface area contributed by atoms with E-state index in [1.807, 2.05) is 0 Å². The molecule has 7 heteroatoms. The molecule has 3 nitrogen and oxygen atoms in total. The summed E-state index contributed by atoms with van der Waals surface area (Å²) in [7, 11) is 1.39. The van der Waals surface area contributed by atoms with Crippen LogP contribution in [0, 0.1) is 3.70 Å². The third-order valence-electron chi connectivity index (χ3n) is 1.04. The van der Waals surface area contributed by atoms with E-state index in [9.17, 15) is 8.42 Å². The Morgan fingerprint density at radius 2 is 2.00 bits per heavy atom. The summed E-state index contributed by atoms with van der Waals surface area (Å²) in [6, 6.07) is 2.69. The molecule has 66 valence electrons. The second-order valence-corrected chi connectivity index (χ2v) is 5.80. The molecule has 0 amide bonds. The molecule has 0 aliphatic rings. The molecule has 0 saturated heterocycles. The van der Waals surface area contributed by atoms with Gasteiger partial charge >= 0.3 is 0 Å². The second kappa shape index (κ2) is 3.65. The molecule has 0 aromatic carbocycles. The molecule has 0 spiro atoms. The van der Waals surface area contributed by atoms with Gasteiger partial charge in [0, 0.05) is 10.7 Å². The SMILES string of the molecule is O=S(=O)(Cl)c1ccc(Cl)nc1I. The van der Waals surface area contributed by atoms with Gasteiger partial charge in [-0.25, -0.2) is 13.4 Å². The monoisotopic (exact) mass is 337 g/mol. The van der Waals surface area contributed by atoms with Gasteiger partial charge in [-0.15, -0.1) is 0 Å². The maximum absolute atomic E-state index is 10.8. The van der Waals surface area contributed by atoms with E-state index in [0.717, 1.165) is 0 Å². The van der Waals surface area contributed by atoms with Gasteiger partial charge in [-0.2, -0.15) is 0 Å². The fraction of sp³-hybridized carbons (Fsp3) is 0. The first-order chi connectivity index (χ1) is 5.41. The summed E-state index contributed by atoms with van der Waals surface area (Å²) in [6.07, 6.45) is 0. The maximum Gasteiger partial charge on any atom is 0.263 e. The Balaban J connectivity index is 3.39. The minimum absolute atomic E-state index is 0.0193. The summed E-state index contributed by atoms with van der Waals surface area (Å²) in [6.45, 7) is 0. The van der Waals surface area contributed by atoms with Crippen LogP contribution in [0.15, 0.2) is 17.0 Å². The lowest BCUT2D eigenvalue weighted by atomic mass is 10.5. The minimum atomic E-state index is -3.71. The molecule has 0 aliphatic carbocycles. The van der Waals surface area contributed by atoms with Crippen molar-refractivity contribution in [3.8, 4) is 0 Å². The third-order valence-corrected chi connectivity index (χ3v) is 3.80. The number of hydrogen-bond donors (Lipinski definition) is 0. The van der Waals surface area contributed by atoms with Crippen molar-refractivity contribution in [2.24, 2.45) is 0 Å². The average molecular weight is 338 g/mol. The summed E-state index contributed by atoms with van der Waals surface area (Å²) < 4.78 is 22.0. The Hall–Kier alpha value is 0.410. The van der Waals surface area contributed by atoms with Gasteiger partial charge in [0.2, 0.25) is 0 Å². The third kappa shape index (κ3) is 2.45. The first kappa shape index (κ1) is 10.5. The number of rotatable bonds is 1. The van der Waals surface area contributed by atoms with Crippen molar-refractivity contribution < 1.29 is 8.42 Å². The van der Waals surface area contributed by atoms with Gasteiger partial charge in [-0.3, -0.25) is 0 Å². The van der Waals surface area contributed by atoms with E-state index in [-0.39, 0.29) is 13.7 Å². The normalized spacial score (nSPS) is 11.6. The summed E-state index contributed by atoms with van der Waals surface area (Å²) in [4.78, 5) is 3.71. The van der Waals surface area contributed by atoms with Crippen LogP contribution in [-0.4, -0.2) is 13.4 Å². The first-order valence-electron chi connectivity index (χ1n) is 2.68. The number of aromatic nitrogens is 1. The van der Waals surface area contributed by atoms with E-state index < -0.39 is 9.05 Å². The van der Waals surface area contributed by atoms with Gasteiger partial charge in [-0.05, 0) is 34.7 Å². The van der Waals surface area contributed by atoms with E-state index in [0.29, 0.717) is 0 Å². The molecule has 0 fully saturated rings. The van der Waals surface area contributed by atoms with Crippen LogP contribution in [0.4, 0.5) is 0 Å². The van der Waals surface area contributed by atoms with Gasteiger partial charge in [-0.1, -0.05) is 11.6 Å². The number of halogens is 3. The highest BCUT2D eigenvalue weighted by Gasteiger charge is 2.14. The highest BCUT2D eigenvalue weighted by atomic mass is 127. The first-order valence-corrected chi connectivity index (χ1v) is 6.44. The van der Waals surface area contributed by atoms with Crippen molar-refractivity contribution in [2.75, 3.05) is 0 Å². The van der Waals surface area contributed by atoms with Crippen LogP contribution in [0.2, 0.25) is 5.15 Å². The van der Waals surface area contributed by atoms with Crippen LogP contribution in [0.1, 0.15) is 0 Å². The highest BCUT2D eigenvalue weighted by Crippen LogP contribution is 2.21. The van der Waals surface area contributed by atoms with Gasteiger partial charge < -0.3 is 0 Å². The summed E-state index contributed by atoms with van der Waals surface area (Å²) in [5, 5.41) is 0.239. The van der Waals surface area contributed by atoms with Crippen LogP contribution in [0.25, 0.3) is 0 Å². The smallest absolute Gasteiger partial charge is 0.229 e. The highest BCUT2D eigenvalue weighted by molar-refractivity contribution is 14.1. The Morgan fingerprint density at radius 3 is 2.42 bits per heavy atom. The van der Waals surface area contributed by atoms with Crippen molar-refractivity contribution in [3.05, 3.63) is 21.0 Å². The summed E-state index contributed by atoms with van der Waals surface area (Å²) in [5.41, 5.74) is 0. The second-order valence-electron chi connectivity index (χ2n) is 1.86. The Labute approximate surface area is 92.6 Å². The molecule has 1 heterocycles. The average Bonchev–Trinajstić information content (AvgIpc) is 1.83. The molecule has 0 saturated carbocycles. The molecule has 0 bridgehead atoms. The molecular formula is C5H2Cl2INO2S. The fourth-order valence-electron chi connectivity index (χ4n) is 0.581. The zero-order valence-electron chi connectivity index (χ0n) is 5.46. The molecule has 1 aromatic rings. The summed E-state index contributed by atoms with van der Waals surface area (Å²) in [5.74, 6) is 0.